The Balaban J connectivity index is 1.52. The molecule has 1 aliphatic carbocycles. The number of amides is 1. The number of aliphatic hydroxyl groups excluding tert-OH is 1. The molecule has 9 heteroatoms. The van der Waals surface area contributed by atoms with Crippen molar-refractivity contribution in [3.63, 3.8) is 0 Å². The fourth-order valence-electron chi connectivity index (χ4n) is 4.90. The van der Waals surface area contributed by atoms with Gasteiger partial charge in [-0.3, -0.25) is 0 Å². The van der Waals surface area contributed by atoms with Gasteiger partial charge in [0.25, 0.3) is 0 Å². The normalized spacial score (nSPS) is 23.5. The van der Waals surface area contributed by atoms with Crippen LogP contribution in [0, 0.1) is 23.2 Å². The minimum atomic E-state index is -3.38. The Labute approximate surface area is 190 Å². The van der Waals surface area contributed by atoms with Gasteiger partial charge >= 0.3 is 6.09 Å². The number of benzene rings is 1. The number of hydrogen-bond acceptors (Lipinski definition) is 7. The van der Waals surface area contributed by atoms with E-state index in [0.29, 0.717) is 30.4 Å². The van der Waals surface area contributed by atoms with E-state index in [1.807, 2.05) is 6.07 Å². The summed E-state index contributed by atoms with van der Waals surface area (Å²) in [6, 6.07) is 8.14. The van der Waals surface area contributed by atoms with Gasteiger partial charge in [-0.2, -0.15) is 5.26 Å². The Bertz CT molecular complexity index is 941. The predicted octanol–water partition coefficient (Wildman–Crippen LogP) is 2.27. The second-order valence-electron chi connectivity index (χ2n) is 9.55. The molecule has 8 nitrogen and oxygen atoms in total. The number of hydrogen-bond donors (Lipinski definition) is 1. The number of carbonyl (C=O) groups is 1. The lowest BCUT2D eigenvalue weighted by atomic mass is 9.91. The van der Waals surface area contributed by atoms with Crippen molar-refractivity contribution in [1.29, 1.82) is 5.26 Å². The fraction of sp³-hybridized carbons (Fsp3) is 0.652. The van der Waals surface area contributed by atoms with E-state index in [1.54, 1.807) is 25.8 Å². The van der Waals surface area contributed by atoms with E-state index in [1.165, 1.54) is 24.3 Å². The summed E-state index contributed by atoms with van der Waals surface area (Å²) in [6.07, 6.45) is 2.20. The molecule has 1 saturated carbocycles. The monoisotopic (exact) mass is 463 g/mol. The lowest BCUT2D eigenvalue weighted by Crippen LogP contribution is -2.54. The van der Waals surface area contributed by atoms with Crippen LogP contribution in [0.5, 0.6) is 0 Å². The zero-order valence-electron chi connectivity index (χ0n) is 19.0. The number of fused-ring (bicyclic) bond motifs is 2. The molecule has 0 aromatic heterocycles. The summed E-state index contributed by atoms with van der Waals surface area (Å²) in [4.78, 5) is 16.8. The number of nitriles is 1. The van der Waals surface area contributed by atoms with Gasteiger partial charge in [0.2, 0.25) is 0 Å². The highest BCUT2D eigenvalue weighted by Gasteiger charge is 2.46. The van der Waals surface area contributed by atoms with Gasteiger partial charge in [-0.1, -0.05) is 0 Å². The summed E-state index contributed by atoms with van der Waals surface area (Å²) in [5, 5.41) is 18.2. The highest BCUT2D eigenvalue weighted by molar-refractivity contribution is 7.91. The zero-order valence-corrected chi connectivity index (χ0v) is 19.8. The van der Waals surface area contributed by atoms with Crippen molar-refractivity contribution >= 4 is 15.9 Å². The van der Waals surface area contributed by atoms with Crippen LogP contribution in [-0.2, 0) is 14.6 Å². The number of piperidine rings is 1. The molecule has 2 atom stereocenters. The lowest BCUT2D eigenvalue weighted by Gasteiger charge is -2.42. The van der Waals surface area contributed by atoms with E-state index in [0.717, 1.165) is 25.9 Å². The topological polar surface area (TPSA) is 111 Å². The van der Waals surface area contributed by atoms with Crippen LogP contribution in [0.4, 0.5) is 4.79 Å². The first-order chi connectivity index (χ1) is 15.1. The van der Waals surface area contributed by atoms with E-state index >= 15 is 0 Å². The SMILES string of the molecule is CN(C(=O)OC(C)(C)CO)C1C2CCC1CN(CCCS(=O)(=O)c1ccc(C#N)cc1)C2. The molecule has 176 valence electrons. The molecular weight excluding hydrogens is 430 g/mol. The first-order valence-corrected chi connectivity index (χ1v) is 12.7. The second kappa shape index (κ2) is 9.77. The zero-order chi connectivity index (χ0) is 23.5. The number of carbonyl (C=O) groups excluding carboxylic acids is 1. The number of aliphatic hydroxyl groups is 1. The third-order valence-corrected chi connectivity index (χ3v) is 8.39. The van der Waals surface area contributed by atoms with E-state index in [4.69, 9.17) is 10.00 Å². The van der Waals surface area contributed by atoms with E-state index in [2.05, 4.69) is 4.90 Å². The molecule has 0 spiro atoms. The highest BCUT2D eigenvalue weighted by Crippen LogP contribution is 2.40. The maximum absolute atomic E-state index is 12.6. The summed E-state index contributed by atoms with van der Waals surface area (Å²) < 4.78 is 30.6. The quantitative estimate of drug-likeness (QED) is 0.629. The number of nitrogens with zero attached hydrogens (tertiary/aromatic N) is 3. The van der Waals surface area contributed by atoms with Gasteiger partial charge in [0, 0.05) is 26.2 Å². The largest absolute Gasteiger partial charge is 0.441 e. The molecule has 2 aliphatic rings. The first kappa shape index (κ1) is 24.5. The summed E-state index contributed by atoms with van der Waals surface area (Å²) in [5.74, 6) is 0.730. The van der Waals surface area contributed by atoms with Crippen molar-refractivity contribution in [1.82, 2.24) is 9.80 Å². The van der Waals surface area contributed by atoms with Gasteiger partial charge in [-0.15, -0.1) is 0 Å². The molecule has 2 unspecified atom stereocenters. The Kier molecular flexibility index (Phi) is 7.48. The molecule has 3 rings (SSSR count). The van der Waals surface area contributed by atoms with Crippen LogP contribution < -0.4 is 0 Å². The average molecular weight is 464 g/mol. The minimum absolute atomic E-state index is 0.0661. The van der Waals surface area contributed by atoms with Crippen LogP contribution in [0.2, 0.25) is 0 Å². The molecule has 1 aliphatic heterocycles. The van der Waals surface area contributed by atoms with E-state index in [9.17, 15) is 18.3 Å². The van der Waals surface area contributed by atoms with Crippen LogP contribution in [0.3, 0.4) is 0 Å². The van der Waals surface area contributed by atoms with Crippen molar-refractivity contribution in [2.24, 2.45) is 11.8 Å². The summed E-state index contributed by atoms with van der Waals surface area (Å²) in [5.41, 5.74) is -0.470. The second-order valence-corrected chi connectivity index (χ2v) is 11.7. The Morgan fingerprint density at radius 3 is 2.38 bits per heavy atom. The van der Waals surface area contributed by atoms with Crippen LogP contribution in [0.15, 0.2) is 29.2 Å². The molecule has 1 heterocycles. The van der Waals surface area contributed by atoms with E-state index in [-0.39, 0.29) is 23.3 Å². The average Bonchev–Trinajstić information content (AvgIpc) is 3.02. The van der Waals surface area contributed by atoms with Crippen LogP contribution in [-0.4, -0.2) is 80.1 Å². The standard InChI is InChI=1S/C23H33N3O5S/c1-23(2,16-27)31-22(28)25(3)21-18-7-8-19(21)15-26(14-18)11-4-12-32(29,30)20-9-5-17(13-24)6-10-20/h5-6,9-10,18-19,21,27H,4,7-8,11-12,14-16H2,1-3H3. The van der Waals surface area contributed by atoms with Gasteiger partial charge in [-0.05, 0) is 75.8 Å². The number of sulfone groups is 1. The molecule has 2 fully saturated rings. The summed E-state index contributed by atoms with van der Waals surface area (Å²) in [6.45, 7) is 5.49. The third kappa shape index (κ3) is 5.61. The fourth-order valence-corrected chi connectivity index (χ4v) is 6.20. The van der Waals surface area contributed by atoms with Crippen molar-refractivity contribution in [3.05, 3.63) is 29.8 Å². The van der Waals surface area contributed by atoms with Gasteiger partial charge in [0.1, 0.15) is 5.60 Å². The van der Waals surface area contributed by atoms with Gasteiger partial charge < -0.3 is 19.6 Å². The lowest BCUT2D eigenvalue weighted by molar-refractivity contribution is -0.0325. The third-order valence-electron chi connectivity index (χ3n) is 6.57. The molecule has 1 aromatic carbocycles. The van der Waals surface area contributed by atoms with Gasteiger partial charge in [0.15, 0.2) is 9.84 Å². The molecule has 32 heavy (non-hydrogen) atoms. The molecule has 1 aromatic rings. The molecular formula is C23H33N3O5S. The maximum Gasteiger partial charge on any atom is 0.410 e. The molecule has 1 N–H and O–H groups in total. The number of rotatable bonds is 8. The van der Waals surface area contributed by atoms with Crippen LogP contribution >= 0.6 is 0 Å². The van der Waals surface area contributed by atoms with Gasteiger partial charge in [-0.25, -0.2) is 13.2 Å². The first-order valence-electron chi connectivity index (χ1n) is 11.1. The van der Waals surface area contributed by atoms with Gasteiger partial charge in [0.05, 0.1) is 28.9 Å². The van der Waals surface area contributed by atoms with Crippen molar-refractivity contribution in [2.45, 2.75) is 49.6 Å². The Morgan fingerprint density at radius 1 is 1.25 bits per heavy atom. The van der Waals surface area contributed by atoms with Crippen molar-refractivity contribution < 1.29 is 23.1 Å². The van der Waals surface area contributed by atoms with Crippen LogP contribution in [0.1, 0.15) is 38.7 Å². The summed E-state index contributed by atoms with van der Waals surface area (Å²) >= 11 is 0. The molecule has 2 bridgehead atoms. The summed E-state index contributed by atoms with van der Waals surface area (Å²) in [7, 11) is -1.61. The van der Waals surface area contributed by atoms with Crippen molar-refractivity contribution in [2.75, 3.05) is 39.0 Å². The smallest absolute Gasteiger partial charge is 0.410 e. The van der Waals surface area contributed by atoms with Crippen molar-refractivity contribution in [3.8, 4) is 6.07 Å². The Morgan fingerprint density at radius 2 is 1.84 bits per heavy atom. The van der Waals surface area contributed by atoms with Crippen LogP contribution in [0.25, 0.3) is 0 Å². The predicted molar refractivity (Wildman–Crippen MR) is 120 cm³/mol. The molecule has 1 amide bonds. The minimum Gasteiger partial charge on any atom is -0.441 e. The molecule has 0 radical (unpaired) electrons. The molecule has 1 saturated heterocycles. The number of ether oxygens (including phenoxy) is 1. The maximum atomic E-state index is 12.6. The Hall–Kier alpha value is -2.15. The highest BCUT2D eigenvalue weighted by atomic mass is 32.2. The van der Waals surface area contributed by atoms with E-state index < -0.39 is 21.5 Å². The number of likely N-dealkylation sites (tertiary alicyclic amines) is 1.